The van der Waals surface area contributed by atoms with Gasteiger partial charge in [-0.15, -0.1) is 0 Å². The number of methoxy groups -OCH3 is 2. The zero-order valence-electron chi connectivity index (χ0n) is 16.3. The van der Waals surface area contributed by atoms with Gasteiger partial charge in [-0.25, -0.2) is 9.97 Å². The van der Waals surface area contributed by atoms with Crippen LogP contribution in [0.25, 0.3) is 0 Å². The fourth-order valence-electron chi connectivity index (χ4n) is 3.14. The molecule has 1 aliphatic rings. The molecule has 1 aliphatic heterocycles. The van der Waals surface area contributed by atoms with E-state index in [1.807, 2.05) is 18.2 Å². The number of nitrogens with one attached hydrogen (secondary N) is 2. The van der Waals surface area contributed by atoms with Crippen molar-refractivity contribution < 1.29 is 14.3 Å². The molecule has 3 rings (SSSR count). The van der Waals surface area contributed by atoms with Gasteiger partial charge in [-0.2, -0.15) is 0 Å². The van der Waals surface area contributed by atoms with Crippen LogP contribution in [-0.4, -0.2) is 73.9 Å². The maximum absolute atomic E-state index is 12.6. The largest absolute Gasteiger partial charge is 0.495 e. The van der Waals surface area contributed by atoms with Crippen molar-refractivity contribution in [2.45, 2.75) is 0 Å². The number of benzene rings is 1. The summed E-state index contributed by atoms with van der Waals surface area (Å²) < 4.78 is 10.4. The van der Waals surface area contributed by atoms with E-state index >= 15 is 0 Å². The number of piperazine rings is 1. The second-order valence-electron chi connectivity index (χ2n) is 6.33. The highest BCUT2D eigenvalue weighted by molar-refractivity contribution is 6.32. The van der Waals surface area contributed by atoms with Crippen LogP contribution in [0, 0.1) is 5.41 Å². The number of carbonyl (C=O) groups is 1. The molecule has 1 aromatic heterocycles. The molecule has 0 bridgehead atoms. The molecule has 0 saturated carbocycles. The number of aromatic nitrogens is 2. The maximum Gasteiger partial charge on any atom is 0.242 e. The van der Waals surface area contributed by atoms with Crippen molar-refractivity contribution in [1.82, 2.24) is 14.9 Å². The van der Waals surface area contributed by atoms with Gasteiger partial charge in [0.15, 0.2) is 0 Å². The lowest BCUT2D eigenvalue weighted by atomic mass is 10.2. The summed E-state index contributed by atoms with van der Waals surface area (Å²) in [6.45, 7) is 2.72. The molecular weight excluding hydrogens is 396 g/mol. The Morgan fingerprint density at radius 2 is 2.00 bits per heavy atom. The van der Waals surface area contributed by atoms with Gasteiger partial charge in [0, 0.05) is 44.1 Å². The molecule has 2 N–H and O–H groups in total. The number of hydrogen-bond donors (Lipinski definition) is 2. The topological polar surface area (TPSA) is 104 Å². The van der Waals surface area contributed by atoms with Gasteiger partial charge in [-0.05, 0) is 12.1 Å². The van der Waals surface area contributed by atoms with Crippen LogP contribution in [0.1, 0.15) is 5.56 Å². The quantitative estimate of drug-likeness (QED) is 0.662. The zero-order chi connectivity index (χ0) is 20.8. The molecule has 1 amide bonds. The van der Waals surface area contributed by atoms with Crippen LogP contribution in [0.2, 0.25) is 5.02 Å². The van der Waals surface area contributed by atoms with E-state index in [1.165, 1.54) is 13.4 Å². The number of anilines is 2. The number of ether oxygens (including phenoxy) is 2. The minimum absolute atomic E-state index is 0.0353. The summed E-state index contributed by atoms with van der Waals surface area (Å²) in [6.07, 6.45) is 2.43. The standard InChI is InChI=1S/C19H23ClN6O3/c1-28-16-9-13(3-4-15(16)20)25-5-7-26(8-6-25)17(27)11-22-18-14(10-21)19(29-2)24-12-23-18/h3-4,9-10,12,21H,5-8,11H2,1-2H3,(H,22,23,24). The number of halogens is 1. The van der Waals surface area contributed by atoms with E-state index in [0.29, 0.717) is 48.3 Å². The fraction of sp³-hybridized carbons (Fsp3) is 0.368. The average Bonchev–Trinajstić information content (AvgIpc) is 2.77. The number of carbonyl (C=O) groups excluding carboxylic acids is 1. The maximum atomic E-state index is 12.6. The van der Waals surface area contributed by atoms with Gasteiger partial charge in [0.25, 0.3) is 0 Å². The van der Waals surface area contributed by atoms with Crippen LogP contribution in [0.3, 0.4) is 0 Å². The molecule has 154 valence electrons. The molecule has 1 saturated heterocycles. The minimum atomic E-state index is -0.0353. The lowest BCUT2D eigenvalue weighted by Crippen LogP contribution is -2.50. The highest BCUT2D eigenvalue weighted by Gasteiger charge is 2.22. The van der Waals surface area contributed by atoms with Crippen molar-refractivity contribution in [3.8, 4) is 11.6 Å². The number of amides is 1. The smallest absolute Gasteiger partial charge is 0.242 e. The fourth-order valence-corrected chi connectivity index (χ4v) is 3.34. The molecule has 0 aliphatic carbocycles. The Morgan fingerprint density at radius 1 is 1.24 bits per heavy atom. The summed E-state index contributed by atoms with van der Waals surface area (Å²) in [5, 5.41) is 11.1. The van der Waals surface area contributed by atoms with Crippen LogP contribution in [-0.2, 0) is 4.79 Å². The first kappa shape index (κ1) is 20.7. The minimum Gasteiger partial charge on any atom is -0.495 e. The highest BCUT2D eigenvalue weighted by atomic mass is 35.5. The molecule has 29 heavy (non-hydrogen) atoms. The van der Waals surface area contributed by atoms with Gasteiger partial charge in [0.2, 0.25) is 11.8 Å². The summed E-state index contributed by atoms with van der Waals surface area (Å²) in [6, 6.07) is 5.67. The number of nitrogens with zero attached hydrogens (tertiary/aromatic N) is 4. The summed E-state index contributed by atoms with van der Waals surface area (Å²) in [4.78, 5) is 24.6. The molecule has 1 aromatic carbocycles. The van der Waals surface area contributed by atoms with E-state index in [2.05, 4.69) is 20.2 Å². The Labute approximate surface area is 174 Å². The predicted octanol–water partition coefficient (Wildman–Crippen LogP) is 1.91. The van der Waals surface area contributed by atoms with Gasteiger partial charge < -0.3 is 30.0 Å². The van der Waals surface area contributed by atoms with Gasteiger partial charge in [-0.1, -0.05) is 11.6 Å². The molecule has 0 unspecified atom stereocenters. The molecule has 0 atom stereocenters. The lowest BCUT2D eigenvalue weighted by Gasteiger charge is -2.36. The Morgan fingerprint density at radius 3 is 2.66 bits per heavy atom. The third-order valence-corrected chi connectivity index (χ3v) is 5.04. The first-order chi connectivity index (χ1) is 14.1. The van der Waals surface area contributed by atoms with Crippen molar-refractivity contribution in [2.75, 3.05) is 57.2 Å². The van der Waals surface area contributed by atoms with Gasteiger partial charge >= 0.3 is 0 Å². The van der Waals surface area contributed by atoms with Crippen molar-refractivity contribution in [3.63, 3.8) is 0 Å². The van der Waals surface area contributed by atoms with Gasteiger partial charge in [-0.3, -0.25) is 4.79 Å². The lowest BCUT2D eigenvalue weighted by molar-refractivity contribution is -0.129. The Bertz CT molecular complexity index is 886. The van der Waals surface area contributed by atoms with E-state index < -0.39 is 0 Å². The van der Waals surface area contributed by atoms with Crippen LogP contribution in [0.5, 0.6) is 11.6 Å². The summed E-state index contributed by atoms with van der Waals surface area (Å²) >= 11 is 6.09. The van der Waals surface area contributed by atoms with Gasteiger partial charge in [0.1, 0.15) is 17.9 Å². The first-order valence-corrected chi connectivity index (χ1v) is 9.44. The first-order valence-electron chi connectivity index (χ1n) is 9.07. The molecule has 0 spiro atoms. The van der Waals surface area contributed by atoms with Crippen molar-refractivity contribution in [3.05, 3.63) is 35.1 Å². The molecule has 9 nitrogen and oxygen atoms in total. The second-order valence-corrected chi connectivity index (χ2v) is 6.74. The highest BCUT2D eigenvalue weighted by Crippen LogP contribution is 2.29. The van der Waals surface area contributed by atoms with Crippen LogP contribution in [0.4, 0.5) is 11.5 Å². The molecule has 1 fully saturated rings. The number of rotatable bonds is 7. The van der Waals surface area contributed by atoms with Crippen molar-refractivity contribution in [1.29, 1.82) is 5.41 Å². The van der Waals surface area contributed by atoms with E-state index in [0.717, 1.165) is 11.9 Å². The van der Waals surface area contributed by atoms with E-state index in [1.54, 1.807) is 12.0 Å². The molecule has 2 aromatic rings. The average molecular weight is 419 g/mol. The molecule has 10 heteroatoms. The summed E-state index contributed by atoms with van der Waals surface area (Å²) in [5.74, 6) is 1.28. The van der Waals surface area contributed by atoms with Gasteiger partial charge in [0.05, 0.1) is 31.4 Å². The second kappa shape index (κ2) is 9.42. The SMILES string of the molecule is COc1cc(N2CCN(C(=O)CNc3ncnc(OC)c3C=N)CC2)ccc1Cl. The van der Waals surface area contributed by atoms with Crippen LogP contribution >= 0.6 is 11.6 Å². The Kier molecular flexibility index (Phi) is 6.71. The van der Waals surface area contributed by atoms with Crippen molar-refractivity contribution in [2.24, 2.45) is 0 Å². The normalized spacial score (nSPS) is 13.8. The summed E-state index contributed by atoms with van der Waals surface area (Å²) in [7, 11) is 3.06. The third-order valence-electron chi connectivity index (χ3n) is 4.72. The van der Waals surface area contributed by atoms with E-state index in [4.69, 9.17) is 26.5 Å². The van der Waals surface area contributed by atoms with Crippen molar-refractivity contribution >= 4 is 35.2 Å². The third kappa shape index (κ3) is 4.68. The monoisotopic (exact) mass is 418 g/mol. The summed E-state index contributed by atoms with van der Waals surface area (Å²) in [5.41, 5.74) is 1.42. The number of hydrogen-bond acceptors (Lipinski definition) is 8. The van der Waals surface area contributed by atoms with E-state index in [-0.39, 0.29) is 18.3 Å². The predicted molar refractivity (Wildman–Crippen MR) is 112 cm³/mol. The molecule has 2 heterocycles. The Balaban J connectivity index is 1.56. The van der Waals surface area contributed by atoms with Crippen LogP contribution in [0.15, 0.2) is 24.5 Å². The molecular formula is C19H23ClN6O3. The zero-order valence-corrected chi connectivity index (χ0v) is 17.1. The molecule has 0 radical (unpaired) electrons. The Hall–Kier alpha value is -3.07. The van der Waals surface area contributed by atoms with Crippen LogP contribution < -0.4 is 19.7 Å². The van der Waals surface area contributed by atoms with E-state index in [9.17, 15) is 4.79 Å².